The number of thiazole rings is 1. The third-order valence-corrected chi connectivity index (χ3v) is 6.26. The van der Waals surface area contributed by atoms with E-state index < -0.39 is 0 Å². The minimum Gasteiger partial charge on any atom is -0.493 e. The lowest BCUT2D eigenvalue weighted by atomic mass is 9.99. The van der Waals surface area contributed by atoms with Gasteiger partial charge in [0.25, 0.3) is 0 Å². The molecule has 1 fully saturated rings. The minimum atomic E-state index is -0.0809. The second-order valence-corrected chi connectivity index (χ2v) is 8.77. The molecule has 0 radical (unpaired) electrons. The Balaban J connectivity index is 1.30. The van der Waals surface area contributed by atoms with Crippen molar-refractivity contribution in [2.75, 3.05) is 25.0 Å². The van der Waals surface area contributed by atoms with Crippen LogP contribution in [-0.4, -0.2) is 35.5 Å². The molecule has 1 amide bonds. The number of hydrogen-bond acceptors (Lipinski definition) is 5. The zero-order chi connectivity index (χ0) is 20.1. The summed E-state index contributed by atoms with van der Waals surface area (Å²) < 4.78 is 6.70. The van der Waals surface area contributed by atoms with E-state index >= 15 is 0 Å². The average Bonchev–Trinajstić information content (AvgIpc) is 3.12. The van der Waals surface area contributed by atoms with Crippen molar-refractivity contribution in [3.63, 3.8) is 0 Å². The molecule has 1 saturated heterocycles. The Morgan fingerprint density at radius 2 is 2.00 bits per heavy atom. The molecular formula is C23H27N3O2S. The van der Waals surface area contributed by atoms with E-state index in [0.717, 1.165) is 28.4 Å². The Morgan fingerprint density at radius 1 is 1.21 bits per heavy atom. The van der Waals surface area contributed by atoms with Gasteiger partial charge in [-0.05, 0) is 61.7 Å². The third-order valence-electron chi connectivity index (χ3n) is 5.32. The fraction of sp³-hybridized carbons (Fsp3) is 0.391. The van der Waals surface area contributed by atoms with Gasteiger partial charge >= 0.3 is 0 Å². The summed E-state index contributed by atoms with van der Waals surface area (Å²) in [6, 6.07) is 15.9. The molecule has 4 rings (SSSR count). The number of piperidine rings is 1. The topological polar surface area (TPSA) is 54.5 Å². The molecule has 152 valence electrons. The highest BCUT2D eigenvalue weighted by Gasteiger charge is 2.16. The number of hydrogen-bond donors (Lipinski definition) is 1. The highest BCUT2D eigenvalue weighted by Crippen LogP contribution is 2.28. The second-order valence-electron chi connectivity index (χ2n) is 7.74. The maximum atomic E-state index is 12.2. The van der Waals surface area contributed by atoms with Crippen LogP contribution in [0.4, 0.5) is 5.13 Å². The first kappa shape index (κ1) is 19.9. The smallest absolute Gasteiger partial charge is 0.229 e. The van der Waals surface area contributed by atoms with Gasteiger partial charge in [0.2, 0.25) is 5.91 Å². The van der Waals surface area contributed by atoms with E-state index in [0.29, 0.717) is 18.2 Å². The molecule has 1 aliphatic rings. The van der Waals surface area contributed by atoms with E-state index in [-0.39, 0.29) is 5.91 Å². The lowest BCUT2D eigenvalue weighted by molar-refractivity contribution is -0.116. The number of para-hydroxylation sites is 1. The van der Waals surface area contributed by atoms with Gasteiger partial charge < -0.3 is 10.1 Å². The van der Waals surface area contributed by atoms with Crippen molar-refractivity contribution in [3.8, 4) is 5.75 Å². The summed E-state index contributed by atoms with van der Waals surface area (Å²) >= 11 is 1.53. The molecule has 29 heavy (non-hydrogen) atoms. The fourth-order valence-corrected chi connectivity index (χ4v) is 4.51. The second kappa shape index (κ2) is 9.37. The van der Waals surface area contributed by atoms with E-state index in [1.165, 1.54) is 42.8 Å². The number of aromatic nitrogens is 1. The molecule has 0 spiro atoms. The zero-order valence-corrected chi connectivity index (χ0v) is 17.6. The lowest BCUT2D eigenvalue weighted by Crippen LogP contribution is -2.32. The van der Waals surface area contributed by atoms with Gasteiger partial charge in [-0.3, -0.25) is 9.69 Å². The Hall–Kier alpha value is -2.44. The minimum absolute atomic E-state index is 0.0809. The molecular weight excluding hydrogens is 382 g/mol. The summed E-state index contributed by atoms with van der Waals surface area (Å²) in [4.78, 5) is 19.3. The molecule has 2 aromatic carbocycles. The van der Waals surface area contributed by atoms with E-state index in [9.17, 15) is 4.79 Å². The predicted octanol–water partition coefficient (Wildman–Crippen LogP) is 4.94. The van der Waals surface area contributed by atoms with Crippen LogP contribution in [0.2, 0.25) is 0 Å². The number of likely N-dealkylation sites (tertiary alicyclic amines) is 1. The molecule has 2 heterocycles. The van der Waals surface area contributed by atoms with Gasteiger partial charge in [-0.2, -0.15) is 0 Å². The summed E-state index contributed by atoms with van der Waals surface area (Å²) in [6.07, 6.45) is 2.86. The van der Waals surface area contributed by atoms with Crippen LogP contribution < -0.4 is 10.1 Å². The van der Waals surface area contributed by atoms with Crippen LogP contribution in [0.3, 0.4) is 0 Å². The molecule has 0 atom stereocenters. The largest absolute Gasteiger partial charge is 0.493 e. The summed E-state index contributed by atoms with van der Waals surface area (Å²) in [7, 11) is 0. The predicted molar refractivity (Wildman–Crippen MR) is 118 cm³/mol. The van der Waals surface area contributed by atoms with Crippen molar-refractivity contribution in [1.82, 2.24) is 9.88 Å². The number of carbonyl (C=O) groups excluding carboxylic acids is 1. The first-order valence-electron chi connectivity index (χ1n) is 10.3. The van der Waals surface area contributed by atoms with Crippen LogP contribution in [0.1, 0.15) is 31.7 Å². The number of fused-ring (bicyclic) bond motifs is 1. The number of rotatable bonds is 7. The van der Waals surface area contributed by atoms with Crippen molar-refractivity contribution in [1.29, 1.82) is 0 Å². The van der Waals surface area contributed by atoms with Crippen LogP contribution >= 0.6 is 11.3 Å². The van der Waals surface area contributed by atoms with Crippen molar-refractivity contribution in [3.05, 3.63) is 54.1 Å². The Bertz CT molecular complexity index is 949. The van der Waals surface area contributed by atoms with Gasteiger partial charge in [0, 0.05) is 6.54 Å². The highest BCUT2D eigenvalue weighted by molar-refractivity contribution is 7.22. The number of nitrogens with one attached hydrogen (secondary N) is 1. The SMILES string of the molecule is CC1CCN(Cc2ccc3nc(NC(=O)CCOc4ccccc4)sc3c2)CC1. The van der Waals surface area contributed by atoms with Gasteiger partial charge in [-0.25, -0.2) is 4.98 Å². The number of benzene rings is 2. The number of ether oxygens (including phenoxy) is 1. The van der Waals surface area contributed by atoms with Crippen LogP contribution in [0.5, 0.6) is 5.75 Å². The van der Waals surface area contributed by atoms with Crippen LogP contribution in [0.15, 0.2) is 48.5 Å². The van der Waals surface area contributed by atoms with Crippen LogP contribution in [-0.2, 0) is 11.3 Å². The quantitative estimate of drug-likeness (QED) is 0.601. The summed E-state index contributed by atoms with van der Waals surface area (Å²) in [5, 5.41) is 3.55. The average molecular weight is 410 g/mol. The van der Waals surface area contributed by atoms with E-state index in [2.05, 4.69) is 40.3 Å². The van der Waals surface area contributed by atoms with Crippen molar-refractivity contribution >= 4 is 32.6 Å². The molecule has 6 heteroatoms. The third kappa shape index (κ3) is 5.55. The Morgan fingerprint density at radius 3 is 2.79 bits per heavy atom. The molecule has 0 saturated carbocycles. The normalized spacial score (nSPS) is 15.5. The first-order chi connectivity index (χ1) is 14.2. The molecule has 0 aliphatic carbocycles. The molecule has 0 unspecified atom stereocenters. The molecule has 1 aliphatic heterocycles. The molecule has 1 aromatic heterocycles. The number of amides is 1. The maximum absolute atomic E-state index is 12.2. The van der Waals surface area contributed by atoms with Crippen molar-refractivity contribution < 1.29 is 9.53 Å². The first-order valence-corrected chi connectivity index (χ1v) is 11.1. The fourth-order valence-electron chi connectivity index (χ4n) is 3.56. The summed E-state index contributed by atoms with van der Waals surface area (Å²) in [6.45, 7) is 6.02. The number of anilines is 1. The van der Waals surface area contributed by atoms with Crippen molar-refractivity contribution in [2.45, 2.75) is 32.7 Å². The lowest BCUT2D eigenvalue weighted by Gasteiger charge is -2.30. The van der Waals surface area contributed by atoms with Crippen LogP contribution in [0, 0.1) is 5.92 Å². The zero-order valence-electron chi connectivity index (χ0n) is 16.8. The maximum Gasteiger partial charge on any atom is 0.229 e. The molecule has 5 nitrogen and oxygen atoms in total. The summed E-state index contributed by atoms with van der Waals surface area (Å²) in [5.74, 6) is 1.54. The van der Waals surface area contributed by atoms with Gasteiger partial charge in [0.05, 0.1) is 23.2 Å². The number of carbonyl (C=O) groups is 1. The van der Waals surface area contributed by atoms with Gasteiger partial charge in [0.15, 0.2) is 5.13 Å². The monoisotopic (exact) mass is 409 g/mol. The Kier molecular flexibility index (Phi) is 6.42. The Labute approximate surface area is 175 Å². The van der Waals surface area contributed by atoms with Gasteiger partial charge in [0.1, 0.15) is 5.75 Å². The van der Waals surface area contributed by atoms with Crippen molar-refractivity contribution in [2.24, 2.45) is 5.92 Å². The molecule has 3 aromatic rings. The number of nitrogens with zero attached hydrogens (tertiary/aromatic N) is 2. The van der Waals surface area contributed by atoms with Crippen LogP contribution in [0.25, 0.3) is 10.2 Å². The standard InChI is InChI=1S/C23H27N3O2S/c1-17-9-12-26(13-10-17)16-18-7-8-20-21(15-18)29-23(24-20)25-22(27)11-14-28-19-5-3-2-4-6-19/h2-8,15,17H,9-14,16H2,1H3,(H,24,25,27). The molecule has 1 N–H and O–H groups in total. The van der Waals surface area contributed by atoms with Gasteiger partial charge in [-0.15, -0.1) is 0 Å². The highest BCUT2D eigenvalue weighted by atomic mass is 32.1. The van der Waals surface area contributed by atoms with E-state index in [4.69, 9.17) is 4.74 Å². The van der Waals surface area contributed by atoms with Gasteiger partial charge in [-0.1, -0.05) is 42.5 Å². The van der Waals surface area contributed by atoms with E-state index in [1.807, 2.05) is 30.3 Å². The van der Waals surface area contributed by atoms with E-state index in [1.54, 1.807) is 0 Å². The summed E-state index contributed by atoms with van der Waals surface area (Å²) in [5.41, 5.74) is 2.24. The molecule has 0 bridgehead atoms.